The fraction of sp³-hybridized carbons (Fsp3) is 0.350. The maximum Gasteiger partial charge on any atom is 0.312 e. The molecule has 0 radical (unpaired) electrons. The van der Waals surface area contributed by atoms with Crippen molar-refractivity contribution in [3.63, 3.8) is 0 Å². The number of piperazine rings is 1. The topological polar surface area (TPSA) is 102 Å². The predicted molar refractivity (Wildman–Crippen MR) is 113 cm³/mol. The van der Waals surface area contributed by atoms with Gasteiger partial charge in [-0.1, -0.05) is 30.3 Å². The van der Waals surface area contributed by atoms with Crippen LogP contribution in [0.2, 0.25) is 0 Å². The number of rotatable bonds is 5. The van der Waals surface area contributed by atoms with Gasteiger partial charge in [-0.25, -0.2) is 13.1 Å². The van der Waals surface area contributed by atoms with E-state index in [1.54, 1.807) is 30.7 Å². The van der Waals surface area contributed by atoms with Crippen LogP contribution in [0.5, 0.6) is 0 Å². The molecule has 158 valence electrons. The fourth-order valence-corrected chi connectivity index (χ4v) is 5.33. The highest BCUT2D eigenvalue weighted by Crippen LogP contribution is 2.24. The van der Waals surface area contributed by atoms with Crippen molar-refractivity contribution in [1.29, 1.82) is 0 Å². The van der Waals surface area contributed by atoms with Crippen LogP contribution < -0.4 is 0 Å². The van der Waals surface area contributed by atoms with E-state index in [4.69, 9.17) is 0 Å². The molecule has 2 aromatic carbocycles. The van der Waals surface area contributed by atoms with Crippen molar-refractivity contribution < 1.29 is 13.3 Å². The van der Waals surface area contributed by atoms with Gasteiger partial charge >= 0.3 is 5.69 Å². The maximum atomic E-state index is 13.1. The Labute approximate surface area is 174 Å². The van der Waals surface area contributed by atoms with Crippen molar-refractivity contribution in [3.05, 3.63) is 64.0 Å². The molecule has 0 spiro atoms. The fourth-order valence-electron chi connectivity index (χ4n) is 3.87. The normalized spacial score (nSPS) is 16.2. The van der Waals surface area contributed by atoms with Gasteiger partial charge in [0.25, 0.3) is 0 Å². The Bertz CT molecular complexity index is 1210. The number of nitrogens with zero attached hydrogens (tertiary/aromatic N) is 5. The van der Waals surface area contributed by atoms with Gasteiger partial charge in [0.15, 0.2) is 0 Å². The number of aromatic nitrogens is 2. The number of fused-ring (bicyclic) bond motifs is 1. The Morgan fingerprint density at radius 3 is 2.33 bits per heavy atom. The van der Waals surface area contributed by atoms with Gasteiger partial charge in [-0.15, -0.1) is 0 Å². The highest BCUT2D eigenvalue weighted by molar-refractivity contribution is 7.89. The van der Waals surface area contributed by atoms with Crippen LogP contribution in [-0.2, 0) is 16.7 Å². The summed E-state index contributed by atoms with van der Waals surface area (Å²) in [5, 5.41) is 17.3. The van der Waals surface area contributed by atoms with E-state index in [0.717, 1.165) is 10.8 Å². The molecule has 10 heteroatoms. The number of sulfonamides is 1. The van der Waals surface area contributed by atoms with Gasteiger partial charge in [-0.05, 0) is 36.8 Å². The highest BCUT2D eigenvalue weighted by atomic mass is 32.2. The zero-order valence-corrected chi connectivity index (χ0v) is 17.7. The molecule has 0 unspecified atom stereocenters. The summed E-state index contributed by atoms with van der Waals surface area (Å²) < 4.78 is 29.3. The van der Waals surface area contributed by atoms with Crippen molar-refractivity contribution in [2.24, 2.45) is 0 Å². The number of nitro groups is 1. The predicted octanol–water partition coefficient (Wildman–Crippen LogP) is 2.53. The van der Waals surface area contributed by atoms with Gasteiger partial charge in [0.2, 0.25) is 10.0 Å². The van der Waals surface area contributed by atoms with E-state index in [-0.39, 0.29) is 5.69 Å². The van der Waals surface area contributed by atoms with Gasteiger partial charge in [-0.3, -0.25) is 15.0 Å². The molecule has 9 nitrogen and oxygen atoms in total. The Morgan fingerprint density at radius 2 is 1.70 bits per heavy atom. The Hall–Kier alpha value is -2.82. The summed E-state index contributed by atoms with van der Waals surface area (Å²) in [6.07, 6.45) is 0. The minimum Gasteiger partial charge on any atom is -0.282 e. The zero-order chi connectivity index (χ0) is 21.5. The highest BCUT2D eigenvalue weighted by Gasteiger charge is 2.30. The molecular weight excluding hydrogens is 406 g/mol. The van der Waals surface area contributed by atoms with Crippen molar-refractivity contribution in [2.45, 2.75) is 25.4 Å². The monoisotopic (exact) mass is 429 g/mol. The van der Waals surface area contributed by atoms with Gasteiger partial charge in [0.05, 0.1) is 16.5 Å². The molecule has 1 saturated heterocycles. The minimum absolute atomic E-state index is 0.0347. The lowest BCUT2D eigenvalue weighted by Gasteiger charge is -2.34. The van der Waals surface area contributed by atoms with Crippen LogP contribution in [0.15, 0.2) is 47.4 Å². The summed E-state index contributed by atoms with van der Waals surface area (Å²) in [4.78, 5) is 13.1. The van der Waals surface area contributed by atoms with Gasteiger partial charge in [0, 0.05) is 26.2 Å². The lowest BCUT2D eigenvalue weighted by Crippen LogP contribution is -2.49. The Kier molecular flexibility index (Phi) is 5.31. The Morgan fingerprint density at radius 1 is 1.03 bits per heavy atom. The van der Waals surface area contributed by atoms with Crippen LogP contribution in [-0.4, -0.2) is 58.5 Å². The molecule has 0 bridgehead atoms. The minimum atomic E-state index is -3.58. The molecule has 0 atom stereocenters. The second kappa shape index (κ2) is 7.78. The van der Waals surface area contributed by atoms with E-state index < -0.39 is 14.9 Å². The first kappa shape index (κ1) is 20.5. The largest absolute Gasteiger partial charge is 0.312 e. The SMILES string of the molecule is Cc1nn(CN2CCN(S(=O)(=O)c3ccc4ccccc4c3)CC2)c(C)c1[N+](=O)[O-]. The number of hydrogen-bond acceptors (Lipinski definition) is 6. The van der Waals surface area contributed by atoms with Crippen LogP contribution in [0.25, 0.3) is 10.8 Å². The second-order valence-electron chi connectivity index (χ2n) is 7.45. The van der Waals surface area contributed by atoms with Crippen LogP contribution in [0.1, 0.15) is 11.4 Å². The molecule has 1 aromatic heterocycles. The summed E-state index contributed by atoms with van der Waals surface area (Å²) in [5.74, 6) is 0. The second-order valence-corrected chi connectivity index (χ2v) is 9.39. The van der Waals surface area contributed by atoms with Gasteiger partial charge < -0.3 is 0 Å². The van der Waals surface area contributed by atoms with Crippen LogP contribution in [0, 0.1) is 24.0 Å². The van der Waals surface area contributed by atoms with E-state index in [1.807, 2.05) is 30.3 Å². The van der Waals surface area contributed by atoms with E-state index >= 15 is 0 Å². The molecule has 1 aliphatic heterocycles. The standard InChI is InChI=1S/C20H23N5O4S/c1-15-20(25(26)27)16(2)24(21-15)14-22-9-11-23(12-10-22)30(28,29)19-8-7-17-5-3-4-6-18(17)13-19/h3-8,13H,9-12,14H2,1-2H3. The molecule has 1 aliphatic rings. The maximum absolute atomic E-state index is 13.1. The van der Waals surface area contributed by atoms with Gasteiger partial charge in [0.1, 0.15) is 11.4 Å². The van der Waals surface area contributed by atoms with Crippen molar-refractivity contribution in [3.8, 4) is 0 Å². The molecule has 2 heterocycles. The van der Waals surface area contributed by atoms with Crippen molar-refractivity contribution in [1.82, 2.24) is 19.0 Å². The zero-order valence-electron chi connectivity index (χ0n) is 16.9. The van der Waals surface area contributed by atoms with Gasteiger partial charge in [-0.2, -0.15) is 9.40 Å². The average Bonchev–Trinajstić information content (AvgIpc) is 3.01. The third-order valence-electron chi connectivity index (χ3n) is 5.55. The lowest BCUT2D eigenvalue weighted by molar-refractivity contribution is -0.386. The number of aryl methyl sites for hydroxylation is 1. The molecule has 30 heavy (non-hydrogen) atoms. The van der Waals surface area contributed by atoms with E-state index in [1.165, 1.54) is 4.31 Å². The van der Waals surface area contributed by atoms with Crippen molar-refractivity contribution >= 4 is 26.5 Å². The first-order chi connectivity index (χ1) is 14.3. The smallest absolute Gasteiger partial charge is 0.282 e. The molecule has 0 amide bonds. The number of benzene rings is 2. The average molecular weight is 430 g/mol. The third kappa shape index (κ3) is 3.69. The summed E-state index contributed by atoms with van der Waals surface area (Å²) in [7, 11) is -3.58. The third-order valence-corrected chi connectivity index (χ3v) is 7.44. The Balaban J connectivity index is 1.46. The lowest BCUT2D eigenvalue weighted by atomic mass is 10.1. The summed E-state index contributed by atoms with van der Waals surface area (Å²) >= 11 is 0. The van der Waals surface area contributed by atoms with E-state index in [9.17, 15) is 18.5 Å². The quantitative estimate of drug-likeness (QED) is 0.456. The van der Waals surface area contributed by atoms with Crippen LogP contribution >= 0.6 is 0 Å². The number of hydrogen-bond donors (Lipinski definition) is 0. The molecule has 3 aromatic rings. The molecular formula is C20H23N5O4S. The summed E-state index contributed by atoms with van der Waals surface area (Å²) in [5.41, 5.74) is 0.922. The van der Waals surface area contributed by atoms with Crippen molar-refractivity contribution in [2.75, 3.05) is 26.2 Å². The molecule has 0 aliphatic carbocycles. The van der Waals surface area contributed by atoms with E-state index in [0.29, 0.717) is 49.1 Å². The molecule has 0 saturated carbocycles. The first-order valence-corrected chi connectivity index (χ1v) is 11.1. The molecule has 0 N–H and O–H groups in total. The van der Waals surface area contributed by atoms with E-state index in [2.05, 4.69) is 10.00 Å². The first-order valence-electron chi connectivity index (χ1n) is 9.67. The summed E-state index contributed by atoms with van der Waals surface area (Å²) in [6.45, 7) is 5.46. The van der Waals surface area contributed by atoms with Crippen LogP contribution in [0.3, 0.4) is 0 Å². The molecule has 1 fully saturated rings. The van der Waals surface area contributed by atoms with Crippen LogP contribution in [0.4, 0.5) is 5.69 Å². The summed E-state index contributed by atoms with van der Waals surface area (Å²) in [6, 6.07) is 12.9. The molecule has 4 rings (SSSR count).